The molecule has 0 atom stereocenters. The first-order valence-corrected chi connectivity index (χ1v) is 7.61. The summed E-state index contributed by atoms with van der Waals surface area (Å²) in [7, 11) is 0. The van der Waals surface area contributed by atoms with Crippen LogP contribution in [0.3, 0.4) is 0 Å². The van der Waals surface area contributed by atoms with Gasteiger partial charge in [0.2, 0.25) is 0 Å². The molecular weight excluding hydrogens is 340 g/mol. The highest BCUT2D eigenvalue weighted by molar-refractivity contribution is 9.10. The first kappa shape index (κ1) is 15.5. The Kier molecular flexibility index (Phi) is 4.57. The fourth-order valence-corrected chi connectivity index (χ4v) is 2.83. The molecule has 0 saturated carbocycles. The minimum Gasteiger partial charge on any atom is -0.391 e. The van der Waals surface area contributed by atoms with Crippen LogP contribution in [0, 0.1) is 0 Å². The summed E-state index contributed by atoms with van der Waals surface area (Å²) in [4.78, 5) is 0. The van der Waals surface area contributed by atoms with E-state index in [4.69, 9.17) is 11.6 Å². The summed E-state index contributed by atoms with van der Waals surface area (Å²) in [5, 5.41) is 14.6. The zero-order valence-electron chi connectivity index (χ0n) is 11.8. The summed E-state index contributed by atoms with van der Waals surface area (Å²) in [6.07, 6.45) is 0. The summed E-state index contributed by atoms with van der Waals surface area (Å²) in [5.74, 6) is 0. The molecule has 1 heterocycles. The van der Waals surface area contributed by atoms with Gasteiger partial charge in [0.1, 0.15) is 5.15 Å². The quantitative estimate of drug-likeness (QED) is 0.896. The normalized spacial score (nSPS) is 11.9. The lowest BCUT2D eigenvalue weighted by Crippen LogP contribution is -2.15. The molecule has 0 bridgehead atoms. The molecule has 0 fully saturated rings. The van der Waals surface area contributed by atoms with Gasteiger partial charge in [-0.2, -0.15) is 5.10 Å². The molecule has 1 aromatic heterocycles. The molecule has 0 aliphatic rings. The van der Waals surface area contributed by atoms with Crippen LogP contribution in [-0.2, 0) is 18.6 Å². The Balaban J connectivity index is 2.41. The third-order valence-electron chi connectivity index (χ3n) is 3.07. The summed E-state index contributed by atoms with van der Waals surface area (Å²) < 4.78 is 2.77. The molecule has 0 radical (unpaired) electrons. The van der Waals surface area contributed by atoms with Crippen molar-refractivity contribution < 1.29 is 5.11 Å². The first-order valence-electron chi connectivity index (χ1n) is 6.44. The molecule has 0 aliphatic heterocycles. The molecule has 0 saturated heterocycles. The first-order chi connectivity index (χ1) is 9.32. The van der Waals surface area contributed by atoms with Crippen molar-refractivity contribution in [3.63, 3.8) is 0 Å². The Hall–Kier alpha value is -0.840. The third kappa shape index (κ3) is 3.25. The van der Waals surface area contributed by atoms with Crippen molar-refractivity contribution in [2.45, 2.75) is 39.3 Å². The number of hydrogen-bond donors (Lipinski definition) is 1. The zero-order valence-corrected chi connectivity index (χ0v) is 14.2. The number of aliphatic hydroxyl groups excluding tert-OH is 1. The van der Waals surface area contributed by atoms with Gasteiger partial charge >= 0.3 is 0 Å². The second-order valence-corrected chi connectivity index (χ2v) is 7.09. The van der Waals surface area contributed by atoms with Crippen LogP contribution in [0.2, 0.25) is 5.15 Å². The van der Waals surface area contributed by atoms with Crippen LogP contribution in [0.15, 0.2) is 28.7 Å². The van der Waals surface area contributed by atoms with E-state index in [0.717, 1.165) is 15.7 Å². The number of benzene rings is 1. The molecule has 0 spiro atoms. The number of nitrogens with zero attached hydrogens (tertiary/aromatic N) is 2. The van der Waals surface area contributed by atoms with Crippen molar-refractivity contribution in [2.24, 2.45) is 0 Å². The highest BCUT2D eigenvalue weighted by Crippen LogP contribution is 2.30. The van der Waals surface area contributed by atoms with Crippen LogP contribution in [0.1, 0.15) is 37.6 Å². The maximum absolute atomic E-state index is 9.54. The van der Waals surface area contributed by atoms with E-state index in [9.17, 15) is 5.11 Å². The smallest absolute Gasteiger partial charge is 0.133 e. The lowest BCUT2D eigenvalue weighted by molar-refractivity contribution is 0.278. The number of rotatable bonds is 3. The molecular formula is C15H18BrClN2O. The van der Waals surface area contributed by atoms with Crippen molar-refractivity contribution in [3.8, 4) is 0 Å². The Morgan fingerprint density at radius 3 is 2.55 bits per heavy atom. The van der Waals surface area contributed by atoms with E-state index in [-0.39, 0.29) is 12.0 Å². The SMILES string of the molecule is CC(C)(C)c1nn(Cc2cccc(Br)c2)c(Cl)c1CO. The molecule has 0 aliphatic carbocycles. The highest BCUT2D eigenvalue weighted by atomic mass is 79.9. The molecule has 2 aromatic rings. The summed E-state index contributed by atoms with van der Waals surface area (Å²) in [6.45, 7) is 6.68. The van der Waals surface area contributed by atoms with Crippen LogP contribution in [0.25, 0.3) is 0 Å². The van der Waals surface area contributed by atoms with Gasteiger partial charge in [0.25, 0.3) is 0 Å². The molecule has 0 unspecified atom stereocenters. The van der Waals surface area contributed by atoms with Gasteiger partial charge in [0.05, 0.1) is 18.8 Å². The molecule has 1 N–H and O–H groups in total. The fourth-order valence-electron chi connectivity index (χ4n) is 2.13. The average molecular weight is 358 g/mol. The second kappa shape index (κ2) is 5.88. The topological polar surface area (TPSA) is 38.0 Å². The lowest BCUT2D eigenvalue weighted by Gasteiger charge is -2.16. The minimum atomic E-state index is -0.149. The Morgan fingerprint density at radius 2 is 2.05 bits per heavy atom. The van der Waals surface area contributed by atoms with Gasteiger partial charge in [-0.3, -0.25) is 0 Å². The maximum Gasteiger partial charge on any atom is 0.133 e. The van der Waals surface area contributed by atoms with Gasteiger partial charge in [-0.25, -0.2) is 4.68 Å². The van der Waals surface area contributed by atoms with E-state index in [2.05, 4.69) is 41.8 Å². The lowest BCUT2D eigenvalue weighted by atomic mass is 9.90. The van der Waals surface area contributed by atoms with E-state index in [0.29, 0.717) is 17.3 Å². The number of halogens is 2. The largest absolute Gasteiger partial charge is 0.391 e. The van der Waals surface area contributed by atoms with Gasteiger partial charge in [-0.15, -0.1) is 0 Å². The van der Waals surface area contributed by atoms with Crippen LogP contribution in [-0.4, -0.2) is 14.9 Å². The van der Waals surface area contributed by atoms with Crippen LogP contribution in [0.4, 0.5) is 0 Å². The van der Waals surface area contributed by atoms with Crippen molar-refractivity contribution in [3.05, 3.63) is 50.7 Å². The molecule has 2 rings (SSSR count). The van der Waals surface area contributed by atoms with Gasteiger partial charge in [0, 0.05) is 15.5 Å². The molecule has 1 aromatic carbocycles. The second-order valence-electron chi connectivity index (χ2n) is 5.81. The molecule has 0 amide bonds. The number of aliphatic hydroxyl groups is 1. The Labute approximate surface area is 132 Å². The van der Waals surface area contributed by atoms with E-state index >= 15 is 0 Å². The van der Waals surface area contributed by atoms with Crippen molar-refractivity contribution in [2.75, 3.05) is 0 Å². The van der Waals surface area contributed by atoms with E-state index in [1.807, 2.05) is 24.3 Å². The van der Waals surface area contributed by atoms with Crippen LogP contribution < -0.4 is 0 Å². The monoisotopic (exact) mass is 356 g/mol. The number of aromatic nitrogens is 2. The minimum absolute atomic E-state index is 0.0933. The summed E-state index contributed by atoms with van der Waals surface area (Å²) in [5.41, 5.74) is 2.52. The third-order valence-corrected chi connectivity index (χ3v) is 3.99. The van der Waals surface area contributed by atoms with Gasteiger partial charge in [0.15, 0.2) is 0 Å². The molecule has 20 heavy (non-hydrogen) atoms. The predicted octanol–water partition coefficient (Wildman–Crippen LogP) is 4.14. The summed E-state index contributed by atoms with van der Waals surface area (Å²) >= 11 is 9.81. The van der Waals surface area contributed by atoms with Crippen molar-refractivity contribution >= 4 is 27.5 Å². The van der Waals surface area contributed by atoms with Crippen molar-refractivity contribution in [1.29, 1.82) is 0 Å². The predicted molar refractivity (Wildman–Crippen MR) is 85.1 cm³/mol. The van der Waals surface area contributed by atoms with Crippen molar-refractivity contribution in [1.82, 2.24) is 9.78 Å². The molecule has 5 heteroatoms. The van der Waals surface area contributed by atoms with E-state index in [1.165, 1.54) is 0 Å². The van der Waals surface area contributed by atoms with Gasteiger partial charge < -0.3 is 5.11 Å². The maximum atomic E-state index is 9.54. The fraction of sp³-hybridized carbons (Fsp3) is 0.400. The van der Waals surface area contributed by atoms with Gasteiger partial charge in [-0.1, -0.05) is 60.4 Å². The number of hydrogen-bond acceptors (Lipinski definition) is 2. The van der Waals surface area contributed by atoms with Crippen LogP contribution >= 0.6 is 27.5 Å². The van der Waals surface area contributed by atoms with Crippen LogP contribution in [0.5, 0.6) is 0 Å². The van der Waals surface area contributed by atoms with E-state index in [1.54, 1.807) is 4.68 Å². The van der Waals surface area contributed by atoms with Gasteiger partial charge in [-0.05, 0) is 17.7 Å². The average Bonchev–Trinajstić information content (AvgIpc) is 2.66. The zero-order chi connectivity index (χ0) is 14.9. The Morgan fingerprint density at radius 1 is 1.35 bits per heavy atom. The molecule has 108 valence electrons. The molecule has 3 nitrogen and oxygen atoms in total. The standard InChI is InChI=1S/C15H18BrClN2O/c1-15(2,3)13-12(9-20)14(17)19(18-13)8-10-5-4-6-11(16)7-10/h4-7,20H,8-9H2,1-3H3. The highest BCUT2D eigenvalue weighted by Gasteiger charge is 2.25. The van der Waals surface area contributed by atoms with E-state index < -0.39 is 0 Å². The summed E-state index contributed by atoms with van der Waals surface area (Å²) in [6, 6.07) is 8.02. The Bertz CT molecular complexity index is 617.